The lowest BCUT2D eigenvalue weighted by Crippen LogP contribution is -2.27. The zero-order valence-corrected chi connectivity index (χ0v) is 11.0. The van der Waals surface area contributed by atoms with Crippen molar-refractivity contribution >= 4 is 5.91 Å². The van der Waals surface area contributed by atoms with Crippen molar-refractivity contribution in [2.75, 3.05) is 0 Å². The van der Waals surface area contributed by atoms with Gasteiger partial charge in [-0.25, -0.2) is 0 Å². The van der Waals surface area contributed by atoms with Gasteiger partial charge in [-0.05, 0) is 30.7 Å². The highest BCUT2D eigenvalue weighted by Gasteiger charge is 2.51. The summed E-state index contributed by atoms with van der Waals surface area (Å²) in [6.07, 6.45) is 5.67. The summed E-state index contributed by atoms with van der Waals surface area (Å²) in [5, 5.41) is 3.21. The molecule has 1 saturated heterocycles. The lowest BCUT2D eigenvalue weighted by molar-refractivity contribution is -0.119. The van der Waals surface area contributed by atoms with Crippen LogP contribution < -0.4 is 5.32 Å². The third kappa shape index (κ3) is 1.84. The van der Waals surface area contributed by atoms with Crippen molar-refractivity contribution in [1.82, 2.24) is 5.32 Å². The van der Waals surface area contributed by atoms with E-state index in [1.54, 1.807) is 0 Å². The van der Waals surface area contributed by atoms with Gasteiger partial charge in [0.15, 0.2) is 0 Å². The molecule has 2 heteroatoms. The minimum atomic E-state index is 0.194. The van der Waals surface area contributed by atoms with Crippen molar-refractivity contribution in [1.29, 1.82) is 0 Å². The zero-order valence-electron chi connectivity index (χ0n) is 11.0. The number of benzene rings is 1. The minimum Gasteiger partial charge on any atom is -0.349 e. The number of carbonyl (C=O) groups excluding carboxylic acids is 1. The standard InChI is InChI=1S/C16H21NO/c1-2-12-8-9-16(10-12)11-14(18)17-15(16)13-6-4-3-5-7-13/h3-7,12,15H,2,8-11H2,1H3,(H,17,18). The Hall–Kier alpha value is -1.31. The molecular formula is C16H21NO. The van der Waals surface area contributed by atoms with Crippen LogP contribution >= 0.6 is 0 Å². The van der Waals surface area contributed by atoms with E-state index in [0.717, 1.165) is 12.3 Å². The second kappa shape index (κ2) is 4.42. The van der Waals surface area contributed by atoms with Gasteiger partial charge in [-0.15, -0.1) is 0 Å². The Morgan fingerprint density at radius 2 is 2.11 bits per heavy atom. The van der Waals surface area contributed by atoms with Crippen LogP contribution in [-0.2, 0) is 4.79 Å². The Balaban J connectivity index is 1.91. The molecule has 2 aliphatic rings. The molecule has 1 N–H and O–H groups in total. The maximum Gasteiger partial charge on any atom is 0.221 e. The van der Waals surface area contributed by atoms with E-state index in [-0.39, 0.29) is 17.4 Å². The van der Waals surface area contributed by atoms with Crippen molar-refractivity contribution in [3.63, 3.8) is 0 Å². The molecule has 1 saturated carbocycles. The minimum absolute atomic E-state index is 0.194. The van der Waals surface area contributed by atoms with Crippen LogP contribution in [-0.4, -0.2) is 5.91 Å². The SMILES string of the molecule is CCC1CCC2(CC(=O)NC2c2ccccc2)C1. The second-order valence-corrected chi connectivity index (χ2v) is 5.97. The number of hydrogen-bond acceptors (Lipinski definition) is 1. The summed E-state index contributed by atoms with van der Waals surface area (Å²) in [4.78, 5) is 11.9. The van der Waals surface area contributed by atoms with Gasteiger partial charge in [-0.1, -0.05) is 43.7 Å². The fourth-order valence-corrected chi connectivity index (χ4v) is 3.91. The summed E-state index contributed by atoms with van der Waals surface area (Å²) in [6.45, 7) is 2.27. The summed E-state index contributed by atoms with van der Waals surface area (Å²) in [6, 6.07) is 10.7. The first kappa shape index (κ1) is 11.8. The molecule has 1 aromatic rings. The van der Waals surface area contributed by atoms with Crippen molar-refractivity contribution in [3.8, 4) is 0 Å². The fourth-order valence-electron chi connectivity index (χ4n) is 3.91. The Morgan fingerprint density at radius 3 is 2.78 bits per heavy atom. The molecule has 2 nitrogen and oxygen atoms in total. The third-order valence-corrected chi connectivity index (χ3v) is 4.89. The Labute approximate surface area is 109 Å². The van der Waals surface area contributed by atoms with Gasteiger partial charge in [0.25, 0.3) is 0 Å². The van der Waals surface area contributed by atoms with E-state index in [1.807, 2.05) is 6.07 Å². The molecule has 1 spiro atoms. The summed E-state index contributed by atoms with van der Waals surface area (Å²) in [7, 11) is 0. The monoisotopic (exact) mass is 243 g/mol. The lowest BCUT2D eigenvalue weighted by atomic mass is 9.75. The van der Waals surface area contributed by atoms with Crippen LogP contribution in [0, 0.1) is 11.3 Å². The van der Waals surface area contributed by atoms with Gasteiger partial charge in [0.05, 0.1) is 6.04 Å². The molecule has 1 aliphatic heterocycles. The Morgan fingerprint density at radius 1 is 1.33 bits per heavy atom. The van der Waals surface area contributed by atoms with Crippen LogP contribution in [0.25, 0.3) is 0 Å². The van der Waals surface area contributed by atoms with Crippen LogP contribution in [0.15, 0.2) is 30.3 Å². The fraction of sp³-hybridized carbons (Fsp3) is 0.562. The molecule has 1 aliphatic carbocycles. The molecule has 1 aromatic carbocycles. The van der Waals surface area contributed by atoms with Crippen LogP contribution in [0.1, 0.15) is 50.6 Å². The molecule has 96 valence electrons. The van der Waals surface area contributed by atoms with Crippen molar-refractivity contribution in [2.45, 2.75) is 45.1 Å². The molecule has 3 rings (SSSR count). The smallest absolute Gasteiger partial charge is 0.221 e. The van der Waals surface area contributed by atoms with Crippen LogP contribution in [0.3, 0.4) is 0 Å². The number of rotatable bonds is 2. The number of nitrogens with one attached hydrogen (secondary N) is 1. The van der Waals surface area contributed by atoms with E-state index in [9.17, 15) is 4.79 Å². The maximum atomic E-state index is 11.9. The first-order chi connectivity index (χ1) is 8.73. The van der Waals surface area contributed by atoms with Crippen LogP contribution in [0.2, 0.25) is 0 Å². The van der Waals surface area contributed by atoms with Gasteiger partial charge in [-0.2, -0.15) is 0 Å². The lowest BCUT2D eigenvalue weighted by Gasteiger charge is -2.30. The second-order valence-electron chi connectivity index (χ2n) is 5.97. The van der Waals surface area contributed by atoms with Gasteiger partial charge < -0.3 is 5.32 Å². The summed E-state index contributed by atoms with van der Waals surface area (Å²) < 4.78 is 0. The third-order valence-electron chi connectivity index (χ3n) is 4.89. The van der Waals surface area contributed by atoms with Crippen molar-refractivity contribution < 1.29 is 4.79 Å². The number of amides is 1. The largest absolute Gasteiger partial charge is 0.349 e. The predicted octanol–water partition coefficient (Wildman–Crippen LogP) is 3.44. The number of carbonyl (C=O) groups is 1. The van der Waals surface area contributed by atoms with Crippen molar-refractivity contribution in [2.24, 2.45) is 11.3 Å². The van der Waals surface area contributed by atoms with E-state index >= 15 is 0 Å². The molecule has 3 atom stereocenters. The van der Waals surface area contributed by atoms with Gasteiger partial charge in [0.1, 0.15) is 0 Å². The normalized spacial score (nSPS) is 35.1. The average molecular weight is 243 g/mol. The Kier molecular flexibility index (Phi) is 2.89. The highest BCUT2D eigenvalue weighted by Crippen LogP contribution is 2.55. The predicted molar refractivity (Wildman–Crippen MR) is 72.0 cm³/mol. The molecule has 1 heterocycles. The zero-order chi connectivity index (χ0) is 12.6. The van der Waals surface area contributed by atoms with Gasteiger partial charge in [0.2, 0.25) is 5.91 Å². The summed E-state index contributed by atoms with van der Waals surface area (Å²) in [5.74, 6) is 1.05. The molecule has 2 fully saturated rings. The number of hydrogen-bond donors (Lipinski definition) is 1. The summed E-state index contributed by atoms with van der Waals surface area (Å²) in [5.41, 5.74) is 1.47. The van der Waals surface area contributed by atoms with E-state index in [4.69, 9.17) is 0 Å². The topological polar surface area (TPSA) is 29.1 Å². The average Bonchev–Trinajstić information content (AvgIpc) is 2.95. The van der Waals surface area contributed by atoms with E-state index in [1.165, 1.54) is 31.2 Å². The van der Waals surface area contributed by atoms with E-state index in [0.29, 0.717) is 0 Å². The van der Waals surface area contributed by atoms with Crippen LogP contribution in [0.4, 0.5) is 0 Å². The van der Waals surface area contributed by atoms with Gasteiger partial charge in [0, 0.05) is 11.8 Å². The molecule has 0 bridgehead atoms. The molecule has 3 unspecified atom stereocenters. The van der Waals surface area contributed by atoms with Gasteiger partial charge in [-0.3, -0.25) is 4.79 Å². The first-order valence-corrected chi connectivity index (χ1v) is 7.08. The first-order valence-electron chi connectivity index (χ1n) is 7.08. The quantitative estimate of drug-likeness (QED) is 0.847. The molecule has 0 aromatic heterocycles. The van der Waals surface area contributed by atoms with E-state index in [2.05, 4.69) is 36.5 Å². The van der Waals surface area contributed by atoms with Crippen molar-refractivity contribution in [3.05, 3.63) is 35.9 Å². The maximum absolute atomic E-state index is 11.9. The molecule has 18 heavy (non-hydrogen) atoms. The van der Waals surface area contributed by atoms with Crippen LogP contribution in [0.5, 0.6) is 0 Å². The molecular weight excluding hydrogens is 222 g/mol. The van der Waals surface area contributed by atoms with E-state index < -0.39 is 0 Å². The molecule has 0 radical (unpaired) electrons. The highest BCUT2D eigenvalue weighted by molar-refractivity contribution is 5.80. The van der Waals surface area contributed by atoms with Gasteiger partial charge >= 0.3 is 0 Å². The highest BCUT2D eigenvalue weighted by atomic mass is 16.2. The summed E-state index contributed by atoms with van der Waals surface area (Å²) >= 11 is 0. The Bertz CT molecular complexity index is 442. The molecule has 1 amide bonds.